The van der Waals surface area contributed by atoms with Crippen LogP contribution in [0.25, 0.3) is 0 Å². The molecule has 1 aliphatic heterocycles. The Morgan fingerprint density at radius 1 is 1.03 bits per heavy atom. The molecular formula is C21H18N6OS. The van der Waals surface area contributed by atoms with Crippen LogP contribution in [0.2, 0.25) is 0 Å². The van der Waals surface area contributed by atoms with E-state index < -0.39 is 0 Å². The molecule has 0 bridgehead atoms. The molecule has 0 radical (unpaired) electrons. The molecule has 2 heterocycles. The van der Waals surface area contributed by atoms with Gasteiger partial charge >= 0.3 is 0 Å². The van der Waals surface area contributed by atoms with Crippen LogP contribution in [0, 0.1) is 11.3 Å². The number of nitriles is 1. The van der Waals surface area contributed by atoms with Crippen LogP contribution in [0.15, 0.2) is 75.6 Å². The highest BCUT2D eigenvalue weighted by molar-refractivity contribution is 7.98. The smallest absolute Gasteiger partial charge is 0.249 e. The Bertz CT molecular complexity index is 1150. The Morgan fingerprint density at radius 2 is 1.86 bits per heavy atom. The molecule has 0 atom stereocenters. The number of nitrogens with zero attached hydrogens (tertiary/aromatic N) is 2. The van der Waals surface area contributed by atoms with Gasteiger partial charge in [-0.3, -0.25) is 10.2 Å². The van der Waals surface area contributed by atoms with Crippen molar-refractivity contribution in [2.45, 2.75) is 17.2 Å². The van der Waals surface area contributed by atoms with Gasteiger partial charge in [-0.2, -0.15) is 5.26 Å². The summed E-state index contributed by atoms with van der Waals surface area (Å²) in [6, 6.07) is 21.5. The van der Waals surface area contributed by atoms with Gasteiger partial charge in [-0.25, -0.2) is 5.53 Å². The molecule has 0 saturated heterocycles. The lowest BCUT2D eigenvalue weighted by molar-refractivity contribution is 0.577. The highest BCUT2D eigenvalue weighted by Crippen LogP contribution is 2.26. The lowest BCUT2D eigenvalue weighted by Gasteiger charge is -2.10. The molecule has 8 heteroatoms. The van der Waals surface area contributed by atoms with E-state index in [1.165, 1.54) is 17.8 Å². The fraction of sp³-hybridized carbons (Fsp3) is 0.0952. The number of hydrazone groups is 1. The van der Waals surface area contributed by atoms with Crippen molar-refractivity contribution in [2.24, 2.45) is 5.10 Å². The van der Waals surface area contributed by atoms with E-state index in [1.54, 1.807) is 0 Å². The Morgan fingerprint density at radius 3 is 2.62 bits per heavy atom. The second-order valence-corrected chi connectivity index (χ2v) is 7.43. The Kier molecular flexibility index (Phi) is 5.61. The summed E-state index contributed by atoms with van der Waals surface area (Å²) in [5, 5.41) is 14.4. The zero-order chi connectivity index (χ0) is 20.1. The first kappa shape index (κ1) is 18.8. The standard InChI is InChI=1S/C21H18N6OS/c22-12-18-17(9-14-5-2-1-3-6-14)11-19(28)23-21(18)29-13-15-7-4-8-16(10-15)20-24-26-27-25-20/h1-8,10-11,26-27H,9,13H2,(H,23,28)(H,24,25). The van der Waals surface area contributed by atoms with Gasteiger partial charge in [0.25, 0.3) is 0 Å². The van der Waals surface area contributed by atoms with Gasteiger partial charge in [0, 0.05) is 17.4 Å². The minimum atomic E-state index is -0.201. The molecule has 29 heavy (non-hydrogen) atoms. The molecule has 0 amide bonds. The molecule has 2 aromatic carbocycles. The number of aromatic nitrogens is 1. The summed E-state index contributed by atoms with van der Waals surface area (Å²) < 4.78 is 0. The fourth-order valence-corrected chi connectivity index (χ4v) is 4.06. The fourth-order valence-electron chi connectivity index (χ4n) is 3.07. The minimum Gasteiger partial charge on any atom is -0.316 e. The summed E-state index contributed by atoms with van der Waals surface area (Å²) in [5.41, 5.74) is 12.4. The number of H-pyrrole nitrogens is 1. The van der Waals surface area contributed by atoms with Crippen molar-refractivity contribution >= 4 is 17.6 Å². The monoisotopic (exact) mass is 402 g/mol. The topological polar surface area (TPSA) is 105 Å². The van der Waals surface area contributed by atoms with E-state index in [0.717, 1.165) is 22.3 Å². The van der Waals surface area contributed by atoms with Crippen molar-refractivity contribution in [1.29, 1.82) is 5.26 Å². The molecule has 0 fully saturated rings. The van der Waals surface area contributed by atoms with Gasteiger partial charge in [-0.05, 0) is 29.2 Å². The van der Waals surface area contributed by atoms with E-state index in [-0.39, 0.29) is 5.56 Å². The highest BCUT2D eigenvalue weighted by Gasteiger charge is 2.13. The van der Waals surface area contributed by atoms with Crippen molar-refractivity contribution < 1.29 is 0 Å². The first-order chi connectivity index (χ1) is 14.2. The molecule has 0 unspecified atom stereocenters. The summed E-state index contributed by atoms with van der Waals surface area (Å²) in [4.78, 5) is 15.0. The molecule has 0 spiro atoms. The van der Waals surface area contributed by atoms with E-state index in [1.807, 2.05) is 54.6 Å². The normalized spacial score (nSPS) is 12.6. The Labute approximate surface area is 171 Å². The van der Waals surface area contributed by atoms with Crippen LogP contribution in [-0.2, 0) is 12.2 Å². The minimum absolute atomic E-state index is 0.201. The molecule has 3 aromatic rings. The number of hydrogen-bond acceptors (Lipinski definition) is 7. The largest absolute Gasteiger partial charge is 0.316 e. The van der Waals surface area contributed by atoms with Crippen molar-refractivity contribution in [2.75, 3.05) is 0 Å². The summed E-state index contributed by atoms with van der Waals surface area (Å²) in [5.74, 6) is 1.31. The summed E-state index contributed by atoms with van der Waals surface area (Å²) in [6.07, 6.45) is 0.544. The summed E-state index contributed by atoms with van der Waals surface area (Å²) in [7, 11) is 0. The molecule has 1 aliphatic rings. The third-order valence-electron chi connectivity index (χ3n) is 4.43. The lowest BCUT2D eigenvalue weighted by atomic mass is 10.0. The number of aromatic amines is 1. The number of pyridine rings is 1. The first-order valence-corrected chi connectivity index (χ1v) is 9.97. The van der Waals surface area contributed by atoms with Crippen LogP contribution >= 0.6 is 11.8 Å². The van der Waals surface area contributed by atoms with Crippen molar-refractivity contribution in [3.8, 4) is 6.07 Å². The maximum atomic E-state index is 12.2. The SMILES string of the molecule is N#Cc1c(Cc2ccccc2)cc(=O)[nH]c1SCc1cccc(C2=NNNN2)c1. The second kappa shape index (κ2) is 8.65. The molecule has 1 aromatic heterocycles. The summed E-state index contributed by atoms with van der Waals surface area (Å²) >= 11 is 1.45. The van der Waals surface area contributed by atoms with E-state index in [2.05, 4.69) is 32.6 Å². The third kappa shape index (κ3) is 4.48. The lowest BCUT2D eigenvalue weighted by Crippen LogP contribution is -2.35. The molecular weight excluding hydrogens is 384 g/mol. The Hall–Kier alpha value is -3.54. The third-order valence-corrected chi connectivity index (χ3v) is 5.50. The maximum absolute atomic E-state index is 12.2. The van der Waals surface area contributed by atoms with E-state index >= 15 is 0 Å². The molecule has 144 valence electrons. The van der Waals surface area contributed by atoms with Crippen molar-refractivity contribution in [3.63, 3.8) is 0 Å². The zero-order valence-corrected chi connectivity index (χ0v) is 16.2. The van der Waals surface area contributed by atoms with Crippen molar-refractivity contribution in [3.05, 3.63) is 98.8 Å². The molecule has 7 nitrogen and oxygen atoms in total. The quantitative estimate of drug-likeness (QED) is 0.472. The van der Waals surface area contributed by atoms with Crippen LogP contribution in [0.1, 0.15) is 27.8 Å². The second-order valence-electron chi connectivity index (χ2n) is 6.45. The van der Waals surface area contributed by atoms with Gasteiger partial charge in [0.05, 0.1) is 10.6 Å². The predicted octanol–water partition coefficient (Wildman–Crippen LogP) is 2.40. The van der Waals surface area contributed by atoms with E-state index in [0.29, 0.717) is 28.6 Å². The Balaban J connectivity index is 1.57. The van der Waals surface area contributed by atoms with E-state index in [9.17, 15) is 10.1 Å². The number of benzene rings is 2. The van der Waals surface area contributed by atoms with Crippen LogP contribution in [-0.4, -0.2) is 10.8 Å². The van der Waals surface area contributed by atoms with Gasteiger partial charge in [-0.15, -0.1) is 22.4 Å². The van der Waals surface area contributed by atoms with Gasteiger partial charge < -0.3 is 4.98 Å². The number of hydrazine groups is 2. The van der Waals surface area contributed by atoms with Gasteiger partial charge in [0.1, 0.15) is 6.07 Å². The predicted molar refractivity (Wildman–Crippen MR) is 113 cm³/mol. The van der Waals surface area contributed by atoms with Crippen LogP contribution in [0.3, 0.4) is 0 Å². The van der Waals surface area contributed by atoms with E-state index in [4.69, 9.17) is 0 Å². The molecule has 0 aliphatic carbocycles. The maximum Gasteiger partial charge on any atom is 0.249 e. The first-order valence-electron chi connectivity index (χ1n) is 8.99. The molecule has 4 rings (SSSR count). The number of rotatable bonds is 6. The van der Waals surface area contributed by atoms with Gasteiger partial charge in [-0.1, -0.05) is 48.5 Å². The zero-order valence-electron chi connectivity index (χ0n) is 15.4. The number of nitrogens with one attached hydrogen (secondary N) is 4. The van der Waals surface area contributed by atoms with Crippen LogP contribution < -0.4 is 22.1 Å². The number of thioether (sulfide) groups is 1. The van der Waals surface area contributed by atoms with Crippen LogP contribution in [0.4, 0.5) is 0 Å². The molecule has 0 saturated carbocycles. The average Bonchev–Trinajstić information content (AvgIpc) is 3.28. The number of amidine groups is 1. The average molecular weight is 402 g/mol. The number of hydrogen-bond donors (Lipinski definition) is 4. The highest BCUT2D eigenvalue weighted by atomic mass is 32.2. The molecule has 4 N–H and O–H groups in total. The van der Waals surface area contributed by atoms with Crippen molar-refractivity contribution in [1.82, 2.24) is 21.5 Å². The van der Waals surface area contributed by atoms with Gasteiger partial charge in [0.15, 0.2) is 5.84 Å². The van der Waals surface area contributed by atoms with Gasteiger partial charge in [0.2, 0.25) is 5.56 Å². The summed E-state index contributed by atoms with van der Waals surface area (Å²) in [6.45, 7) is 0. The van der Waals surface area contributed by atoms with Crippen LogP contribution in [0.5, 0.6) is 0 Å².